The minimum absolute atomic E-state index is 0.000833. The predicted octanol–water partition coefficient (Wildman–Crippen LogP) is 2.71. The molecule has 0 atom stereocenters. The molecular weight excluding hydrogens is 204 g/mol. The van der Waals surface area contributed by atoms with Gasteiger partial charge in [0.05, 0.1) is 7.11 Å². The molecular formula is C13H16O3. The lowest BCUT2D eigenvalue weighted by Gasteiger charge is -2.10. The molecule has 0 bridgehead atoms. The molecule has 0 aliphatic carbocycles. The number of allylic oxidation sites excluding steroid dienone is 1. The minimum Gasteiger partial charge on any atom is -0.490 e. The average Bonchev–Trinajstić information content (AvgIpc) is 2.29. The van der Waals surface area contributed by atoms with Gasteiger partial charge in [-0.05, 0) is 24.5 Å². The number of carboxylic acid groups (broad SMARTS) is 1. The van der Waals surface area contributed by atoms with E-state index in [-0.39, 0.29) is 5.76 Å². The fourth-order valence-corrected chi connectivity index (χ4v) is 1.72. The Bertz CT molecular complexity index is 419. The molecule has 1 rings (SSSR count). The molecule has 1 N–H and O–H groups in total. The van der Waals surface area contributed by atoms with Crippen molar-refractivity contribution in [2.75, 3.05) is 7.11 Å². The Labute approximate surface area is 95.4 Å². The third-order valence-electron chi connectivity index (χ3n) is 2.54. The Morgan fingerprint density at radius 2 is 2.00 bits per heavy atom. The van der Waals surface area contributed by atoms with Crippen LogP contribution in [-0.4, -0.2) is 18.2 Å². The molecule has 0 heterocycles. The Hall–Kier alpha value is -1.77. The van der Waals surface area contributed by atoms with Gasteiger partial charge in [-0.3, -0.25) is 0 Å². The Morgan fingerprint density at radius 3 is 2.50 bits per heavy atom. The number of aryl methyl sites for hydroxylation is 1. The summed E-state index contributed by atoms with van der Waals surface area (Å²) in [7, 11) is 1.38. The highest BCUT2D eigenvalue weighted by Crippen LogP contribution is 2.23. The fraction of sp³-hybridized carbons (Fsp3) is 0.308. The van der Waals surface area contributed by atoms with Gasteiger partial charge in [-0.15, -0.1) is 0 Å². The summed E-state index contributed by atoms with van der Waals surface area (Å²) >= 11 is 0. The second kappa shape index (κ2) is 5.35. The van der Waals surface area contributed by atoms with Crippen LogP contribution in [-0.2, 0) is 16.0 Å². The first-order valence-electron chi connectivity index (χ1n) is 5.18. The minimum atomic E-state index is -1.04. The molecule has 0 aliphatic heterocycles. The monoisotopic (exact) mass is 220 g/mol. The summed E-state index contributed by atoms with van der Waals surface area (Å²) in [4.78, 5) is 11.0. The van der Waals surface area contributed by atoms with Gasteiger partial charge >= 0.3 is 5.97 Å². The summed E-state index contributed by atoms with van der Waals surface area (Å²) in [6, 6.07) is 7.75. The van der Waals surface area contributed by atoms with Gasteiger partial charge in [0.25, 0.3) is 0 Å². The van der Waals surface area contributed by atoms with Gasteiger partial charge in [0.1, 0.15) is 0 Å². The molecule has 0 spiro atoms. The van der Waals surface area contributed by atoms with Gasteiger partial charge in [-0.25, -0.2) is 4.79 Å². The van der Waals surface area contributed by atoms with Crippen LogP contribution in [0.5, 0.6) is 0 Å². The highest BCUT2D eigenvalue weighted by Gasteiger charge is 2.14. The molecule has 1 aromatic carbocycles. The summed E-state index contributed by atoms with van der Waals surface area (Å²) in [5, 5.41) is 8.99. The number of ether oxygens (including phenoxy) is 1. The second-order valence-corrected chi connectivity index (χ2v) is 3.47. The van der Waals surface area contributed by atoms with E-state index >= 15 is 0 Å². The summed E-state index contributed by atoms with van der Waals surface area (Å²) in [6.07, 6.45) is 0.865. The molecule has 3 nitrogen and oxygen atoms in total. The molecule has 0 unspecified atom stereocenters. The first kappa shape index (κ1) is 12.3. The molecule has 0 aliphatic rings. The molecule has 0 radical (unpaired) electrons. The van der Waals surface area contributed by atoms with E-state index < -0.39 is 5.97 Å². The molecule has 0 fully saturated rings. The van der Waals surface area contributed by atoms with Crippen molar-refractivity contribution in [1.29, 1.82) is 0 Å². The first-order chi connectivity index (χ1) is 7.61. The van der Waals surface area contributed by atoms with Crippen molar-refractivity contribution in [2.24, 2.45) is 0 Å². The van der Waals surface area contributed by atoms with Crippen LogP contribution in [0.4, 0.5) is 0 Å². The van der Waals surface area contributed by atoms with Crippen molar-refractivity contribution >= 4 is 11.5 Å². The van der Waals surface area contributed by atoms with Crippen LogP contribution in [0.3, 0.4) is 0 Å². The van der Waals surface area contributed by atoms with Crippen molar-refractivity contribution in [3.63, 3.8) is 0 Å². The van der Waals surface area contributed by atoms with Crippen LogP contribution >= 0.6 is 0 Å². The summed E-state index contributed by atoms with van der Waals surface area (Å²) in [5.41, 5.74) is 2.72. The summed E-state index contributed by atoms with van der Waals surface area (Å²) in [6.45, 7) is 3.81. The second-order valence-electron chi connectivity index (χ2n) is 3.47. The van der Waals surface area contributed by atoms with Crippen LogP contribution in [0.25, 0.3) is 5.57 Å². The average molecular weight is 220 g/mol. The quantitative estimate of drug-likeness (QED) is 0.627. The topological polar surface area (TPSA) is 46.5 Å². The van der Waals surface area contributed by atoms with Gasteiger partial charge in [-0.1, -0.05) is 31.2 Å². The van der Waals surface area contributed by atoms with Gasteiger partial charge in [0.15, 0.2) is 0 Å². The van der Waals surface area contributed by atoms with Crippen molar-refractivity contribution in [2.45, 2.75) is 20.3 Å². The van der Waals surface area contributed by atoms with Crippen molar-refractivity contribution in [1.82, 2.24) is 0 Å². The normalized spacial score (nSPS) is 11.9. The summed E-state index contributed by atoms with van der Waals surface area (Å²) < 4.78 is 4.91. The van der Waals surface area contributed by atoms with E-state index in [4.69, 9.17) is 9.84 Å². The summed E-state index contributed by atoms with van der Waals surface area (Å²) in [5.74, 6) is -1.04. The maximum atomic E-state index is 11.0. The highest BCUT2D eigenvalue weighted by atomic mass is 16.5. The van der Waals surface area contributed by atoms with Crippen LogP contribution < -0.4 is 0 Å². The van der Waals surface area contributed by atoms with E-state index in [1.807, 2.05) is 31.2 Å². The van der Waals surface area contributed by atoms with Crippen LogP contribution in [0, 0.1) is 0 Å². The zero-order chi connectivity index (χ0) is 12.1. The van der Waals surface area contributed by atoms with Gasteiger partial charge in [0, 0.05) is 5.57 Å². The van der Waals surface area contributed by atoms with E-state index in [9.17, 15) is 4.79 Å². The standard InChI is InChI=1S/C13H16O3/c1-4-10-7-5-6-8-11(10)9(2)12(16-3)13(14)15/h5-8H,4H2,1-3H3,(H,14,15). The molecule has 0 aromatic heterocycles. The number of rotatable bonds is 4. The predicted molar refractivity (Wildman–Crippen MR) is 63.1 cm³/mol. The lowest BCUT2D eigenvalue weighted by atomic mass is 9.98. The van der Waals surface area contributed by atoms with Crippen molar-refractivity contribution < 1.29 is 14.6 Å². The Morgan fingerprint density at radius 1 is 1.38 bits per heavy atom. The van der Waals surface area contributed by atoms with Crippen molar-refractivity contribution in [3.05, 3.63) is 41.2 Å². The molecule has 1 aromatic rings. The maximum Gasteiger partial charge on any atom is 0.371 e. The van der Waals surface area contributed by atoms with E-state index in [1.54, 1.807) is 6.92 Å². The van der Waals surface area contributed by atoms with E-state index in [2.05, 4.69) is 0 Å². The smallest absolute Gasteiger partial charge is 0.371 e. The van der Waals surface area contributed by atoms with Crippen LogP contribution in [0.15, 0.2) is 30.0 Å². The van der Waals surface area contributed by atoms with E-state index in [1.165, 1.54) is 7.11 Å². The van der Waals surface area contributed by atoms with Crippen molar-refractivity contribution in [3.8, 4) is 0 Å². The van der Waals surface area contributed by atoms with E-state index in [0.717, 1.165) is 17.5 Å². The lowest BCUT2D eigenvalue weighted by Crippen LogP contribution is -2.06. The highest BCUT2D eigenvalue weighted by molar-refractivity contribution is 5.94. The zero-order valence-corrected chi connectivity index (χ0v) is 9.78. The molecule has 86 valence electrons. The molecule has 16 heavy (non-hydrogen) atoms. The van der Waals surface area contributed by atoms with Gasteiger partial charge < -0.3 is 9.84 Å². The van der Waals surface area contributed by atoms with Gasteiger partial charge in [0.2, 0.25) is 5.76 Å². The number of carbonyl (C=O) groups is 1. The molecule has 0 saturated heterocycles. The number of carboxylic acids is 1. The van der Waals surface area contributed by atoms with Crippen LogP contribution in [0.2, 0.25) is 0 Å². The third-order valence-corrected chi connectivity index (χ3v) is 2.54. The maximum absolute atomic E-state index is 11.0. The SMILES string of the molecule is CCc1ccccc1C(C)=C(OC)C(=O)O. The lowest BCUT2D eigenvalue weighted by molar-refractivity contribution is -0.135. The number of benzene rings is 1. The first-order valence-corrected chi connectivity index (χ1v) is 5.18. The molecule has 0 amide bonds. The number of hydrogen-bond acceptors (Lipinski definition) is 2. The Balaban J connectivity index is 3.31. The largest absolute Gasteiger partial charge is 0.490 e. The zero-order valence-electron chi connectivity index (χ0n) is 9.78. The fourth-order valence-electron chi connectivity index (χ4n) is 1.72. The molecule has 0 saturated carbocycles. The number of aliphatic carboxylic acids is 1. The van der Waals surface area contributed by atoms with Crippen LogP contribution in [0.1, 0.15) is 25.0 Å². The Kier molecular flexibility index (Phi) is 4.11. The molecule has 3 heteroatoms. The van der Waals surface area contributed by atoms with E-state index in [0.29, 0.717) is 5.57 Å². The number of methoxy groups -OCH3 is 1. The van der Waals surface area contributed by atoms with Gasteiger partial charge in [-0.2, -0.15) is 0 Å². The number of hydrogen-bond donors (Lipinski definition) is 1. The third kappa shape index (κ3) is 2.42.